The first kappa shape index (κ1) is 35.7. The quantitative estimate of drug-likeness (QED) is 0.311. The largest absolute Gasteiger partial charge is 3.00 e. The van der Waals surface area contributed by atoms with E-state index in [1.807, 2.05) is 57.2 Å². The maximum Gasteiger partial charge on any atom is 3.00 e. The van der Waals surface area contributed by atoms with Gasteiger partial charge in [0.2, 0.25) is 0 Å². The number of hydrogen-bond donors (Lipinski definition) is 0. The van der Waals surface area contributed by atoms with Crippen molar-refractivity contribution in [3.05, 3.63) is 89.5 Å². The number of aryl methyl sites for hydroxylation is 3. The molecule has 0 aliphatic carbocycles. The average molecular weight is 605 g/mol. The van der Waals surface area contributed by atoms with E-state index in [-0.39, 0.29) is 35.6 Å². The van der Waals surface area contributed by atoms with Crippen LogP contribution in [0.2, 0.25) is 0 Å². The maximum absolute atomic E-state index is 11.3. The molecule has 3 unspecified atom stereocenters. The van der Waals surface area contributed by atoms with Crippen LogP contribution < -0.4 is 30.6 Å². The Labute approximate surface area is 232 Å². The van der Waals surface area contributed by atoms with Crippen molar-refractivity contribution in [2.24, 2.45) is 0 Å². The maximum atomic E-state index is 11.3. The van der Waals surface area contributed by atoms with E-state index in [0.29, 0.717) is 15.9 Å². The summed E-state index contributed by atoms with van der Waals surface area (Å²) in [7, 11) is -9.89. The fourth-order valence-electron chi connectivity index (χ4n) is 2.86. The van der Waals surface area contributed by atoms with E-state index in [2.05, 4.69) is 0 Å². The molecule has 203 valence electrons. The van der Waals surface area contributed by atoms with Crippen LogP contribution in [0.25, 0.3) is 0 Å². The first-order chi connectivity index (χ1) is 16.7. The molecule has 0 fully saturated rings. The minimum Gasteiger partial charge on any atom is -0.796 e. The molecule has 0 aliphatic heterocycles. The zero-order valence-corrected chi connectivity index (χ0v) is 26.0. The molecule has 3 rings (SSSR count). The molecule has 0 aliphatic rings. The Hall–Kier alpha value is -1.25. The van der Waals surface area contributed by atoms with Gasteiger partial charge in [-0.3, -0.25) is 0 Å². The van der Waals surface area contributed by atoms with Gasteiger partial charge in [0.15, 0.2) is 0 Å². The molecule has 3 aromatic carbocycles. The third-order valence-electron chi connectivity index (χ3n) is 5.53. The summed E-state index contributed by atoms with van der Waals surface area (Å²) in [4.78, 5) is 34.0. The molecule has 0 amide bonds. The van der Waals surface area contributed by atoms with Gasteiger partial charge in [-0.25, -0.2) is 0 Å². The summed E-state index contributed by atoms with van der Waals surface area (Å²) in [6, 6.07) is 20.8. The first-order valence-corrected chi connectivity index (χ1v) is 17.2. The number of hydrogen-bond acceptors (Lipinski definition) is 6. The summed E-state index contributed by atoms with van der Waals surface area (Å²) < 4.78 is 34.0. The van der Waals surface area contributed by atoms with E-state index in [1.54, 1.807) is 57.2 Å². The Kier molecular flexibility index (Phi) is 15.5. The van der Waals surface area contributed by atoms with Crippen molar-refractivity contribution >= 4 is 38.0 Å². The Balaban J connectivity index is 0.000000518. The van der Waals surface area contributed by atoms with Crippen LogP contribution in [0.15, 0.2) is 72.8 Å². The Morgan fingerprint density at radius 2 is 0.622 bits per heavy atom. The van der Waals surface area contributed by atoms with Gasteiger partial charge in [-0.05, 0) is 55.2 Å². The first-order valence-electron chi connectivity index (χ1n) is 11.8. The van der Waals surface area contributed by atoms with Crippen LogP contribution in [0.4, 0.5) is 0 Å². The second-order valence-electron chi connectivity index (χ2n) is 8.48. The van der Waals surface area contributed by atoms with Gasteiger partial charge in [0.25, 0.3) is 0 Å². The van der Waals surface area contributed by atoms with Gasteiger partial charge in [-0.15, -0.1) is 0 Å². The van der Waals surface area contributed by atoms with Crippen molar-refractivity contribution in [2.75, 3.05) is 18.5 Å². The van der Waals surface area contributed by atoms with Crippen LogP contribution in [0, 0.1) is 20.8 Å². The second kappa shape index (κ2) is 16.0. The molecule has 0 saturated heterocycles. The molecule has 0 bridgehead atoms. The van der Waals surface area contributed by atoms with Crippen molar-refractivity contribution in [1.82, 2.24) is 0 Å². The Morgan fingerprint density at radius 1 is 0.459 bits per heavy atom. The van der Waals surface area contributed by atoms with E-state index in [4.69, 9.17) is 0 Å². The van der Waals surface area contributed by atoms with E-state index < -0.39 is 22.1 Å². The van der Waals surface area contributed by atoms with E-state index in [9.17, 15) is 28.4 Å². The van der Waals surface area contributed by atoms with E-state index in [0.717, 1.165) is 16.7 Å². The molecule has 0 spiro atoms. The van der Waals surface area contributed by atoms with Crippen molar-refractivity contribution in [3.63, 3.8) is 0 Å². The number of rotatable bonds is 6. The summed E-state index contributed by atoms with van der Waals surface area (Å²) in [5, 5.41) is 1.32. The van der Waals surface area contributed by atoms with Crippen molar-refractivity contribution in [3.8, 4) is 0 Å². The molecule has 37 heavy (non-hydrogen) atoms. The van der Waals surface area contributed by atoms with Crippen LogP contribution >= 0.6 is 22.1 Å². The van der Waals surface area contributed by atoms with Gasteiger partial charge in [-0.1, -0.05) is 110 Å². The molecular formula is C27H36FeO6P3. The predicted octanol–water partition coefficient (Wildman–Crippen LogP) is 3.83. The minimum atomic E-state index is -3.30. The Bertz CT molecular complexity index is 1070. The monoisotopic (exact) mass is 605 g/mol. The predicted molar refractivity (Wildman–Crippen MR) is 147 cm³/mol. The van der Waals surface area contributed by atoms with Crippen LogP contribution in [-0.4, -0.2) is 18.5 Å². The van der Waals surface area contributed by atoms with Gasteiger partial charge in [0, 0.05) is 22.1 Å². The third kappa shape index (κ3) is 12.0. The molecule has 0 aromatic heterocycles. The third-order valence-corrected chi connectivity index (χ3v) is 11.3. The zero-order valence-electron chi connectivity index (χ0n) is 22.2. The van der Waals surface area contributed by atoms with Crippen LogP contribution in [0.1, 0.15) is 37.5 Å². The van der Waals surface area contributed by atoms with Crippen molar-refractivity contribution in [1.29, 1.82) is 0 Å². The van der Waals surface area contributed by atoms with Gasteiger partial charge in [0.05, 0.1) is 0 Å². The molecule has 0 N–H and O–H groups in total. The summed E-state index contributed by atoms with van der Waals surface area (Å²) in [5.41, 5.74) is 3.24. The molecule has 0 heterocycles. The van der Waals surface area contributed by atoms with Crippen molar-refractivity contribution < 1.29 is 45.4 Å². The van der Waals surface area contributed by atoms with Gasteiger partial charge in [-0.2, -0.15) is 0 Å². The molecule has 1 radical (unpaired) electrons. The average Bonchev–Trinajstić information content (AvgIpc) is 2.85. The standard InChI is InChI=1S/3C9H13O2P.Fe/c3*1-3-12(10,11)9-6-4-8(2)5-7-9;/h3*4-7H,3H2,1-2H3,(H,10,11);/q;;;+3/p-3. The molecule has 3 atom stereocenters. The second-order valence-corrected chi connectivity index (χ2v) is 16.0. The fourth-order valence-corrected chi connectivity index (χ4v) is 5.77. The van der Waals surface area contributed by atoms with E-state index in [1.165, 1.54) is 0 Å². The fraction of sp³-hybridized carbons (Fsp3) is 0.333. The van der Waals surface area contributed by atoms with Gasteiger partial charge >= 0.3 is 17.1 Å². The van der Waals surface area contributed by atoms with Gasteiger partial charge < -0.3 is 28.4 Å². The normalized spacial score (nSPS) is 15.2. The minimum absolute atomic E-state index is 0. The SMILES string of the molecule is CCP(=O)([O-])c1ccc(C)cc1.CCP(=O)([O-])c1ccc(C)cc1.CCP(=O)([O-])c1ccc(C)cc1.[Fe+3]. The molecule has 0 saturated carbocycles. The molecule has 3 aromatic rings. The van der Waals surface area contributed by atoms with Gasteiger partial charge in [0.1, 0.15) is 0 Å². The summed E-state index contributed by atoms with van der Waals surface area (Å²) >= 11 is 0. The van der Waals surface area contributed by atoms with Crippen molar-refractivity contribution in [2.45, 2.75) is 41.5 Å². The summed E-state index contributed by atoms with van der Waals surface area (Å²) in [5.74, 6) is 0. The molecular weight excluding hydrogens is 569 g/mol. The summed E-state index contributed by atoms with van der Waals surface area (Å²) in [6.45, 7) is 10.8. The molecule has 10 heteroatoms. The smallest absolute Gasteiger partial charge is 0.796 e. The topological polar surface area (TPSA) is 120 Å². The zero-order chi connectivity index (χ0) is 27.6. The van der Waals surface area contributed by atoms with Crippen LogP contribution in [-0.2, 0) is 30.8 Å². The van der Waals surface area contributed by atoms with Crippen LogP contribution in [0.5, 0.6) is 0 Å². The molecule has 6 nitrogen and oxygen atoms in total. The van der Waals surface area contributed by atoms with E-state index >= 15 is 0 Å². The Morgan fingerprint density at radius 3 is 0.757 bits per heavy atom. The number of benzene rings is 3. The van der Waals surface area contributed by atoms with Crippen LogP contribution in [0.3, 0.4) is 0 Å². The summed E-state index contributed by atoms with van der Waals surface area (Å²) in [6.07, 6.45) is 0.572.